The number of hydrogen-bond donors (Lipinski definition) is 3. The molecule has 5 rings (SSSR count). The molecule has 0 saturated heterocycles. The number of benzene rings is 2. The third-order valence-corrected chi connectivity index (χ3v) is 11.7. The van der Waals surface area contributed by atoms with E-state index in [2.05, 4.69) is 6.92 Å². The molecule has 3 aliphatic rings. The Morgan fingerprint density at radius 3 is 1.89 bits per heavy atom. The van der Waals surface area contributed by atoms with E-state index < -0.39 is 6.10 Å². The molecular formula is C39H56N2O5. The van der Waals surface area contributed by atoms with E-state index in [4.69, 9.17) is 0 Å². The summed E-state index contributed by atoms with van der Waals surface area (Å²) in [5.74, 6) is 0.424. The van der Waals surface area contributed by atoms with Crippen molar-refractivity contribution in [1.82, 2.24) is 9.80 Å². The van der Waals surface area contributed by atoms with E-state index >= 15 is 0 Å². The maximum absolute atomic E-state index is 14.3. The van der Waals surface area contributed by atoms with E-state index in [9.17, 15) is 24.9 Å². The fraction of sp³-hybridized carbons (Fsp3) is 0.641. The molecule has 1 unspecified atom stereocenters. The van der Waals surface area contributed by atoms with Crippen LogP contribution < -0.4 is 0 Å². The van der Waals surface area contributed by atoms with Crippen molar-refractivity contribution in [1.29, 1.82) is 0 Å². The van der Waals surface area contributed by atoms with Crippen molar-refractivity contribution in [2.24, 2.45) is 5.92 Å². The summed E-state index contributed by atoms with van der Waals surface area (Å²) >= 11 is 0. The number of β-amino-alcohol motifs (C(OH)–C–C–N with tert-alkyl or cyclic N) is 2. The smallest absolute Gasteiger partial charge is 0.254 e. The van der Waals surface area contributed by atoms with E-state index in [-0.39, 0.29) is 36.1 Å². The number of aryl methyl sites for hydroxylation is 1. The first-order valence-electron chi connectivity index (χ1n) is 18.1. The summed E-state index contributed by atoms with van der Waals surface area (Å²) in [5, 5.41) is 31.3. The summed E-state index contributed by atoms with van der Waals surface area (Å²) in [6, 6.07) is 15.3. The van der Waals surface area contributed by atoms with E-state index in [1.807, 2.05) is 58.3 Å². The van der Waals surface area contributed by atoms with E-state index in [1.54, 1.807) is 0 Å². The number of carbonyl (C=O) groups is 2. The Morgan fingerprint density at radius 1 is 0.761 bits per heavy atom. The van der Waals surface area contributed by atoms with Gasteiger partial charge in [-0.1, -0.05) is 81.8 Å². The fourth-order valence-electron chi connectivity index (χ4n) is 9.30. The van der Waals surface area contributed by atoms with Gasteiger partial charge in [-0.25, -0.2) is 0 Å². The molecule has 0 aliphatic heterocycles. The molecule has 0 radical (unpaired) electrons. The normalized spacial score (nSPS) is 23.0. The average Bonchev–Trinajstić information content (AvgIpc) is 3.58. The highest BCUT2D eigenvalue weighted by molar-refractivity contribution is 5.97. The number of rotatable bonds is 14. The number of aliphatic hydroxyl groups excluding tert-OH is 3. The van der Waals surface area contributed by atoms with Gasteiger partial charge >= 0.3 is 0 Å². The van der Waals surface area contributed by atoms with Crippen LogP contribution >= 0.6 is 0 Å². The summed E-state index contributed by atoms with van der Waals surface area (Å²) < 4.78 is 0. The van der Waals surface area contributed by atoms with Gasteiger partial charge < -0.3 is 25.1 Å². The summed E-state index contributed by atoms with van der Waals surface area (Å²) in [4.78, 5) is 32.3. The predicted octanol–water partition coefficient (Wildman–Crippen LogP) is 6.32. The Kier molecular flexibility index (Phi) is 12.0. The van der Waals surface area contributed by atoms with Crippen molar-refractivity contribution in [3.8, 4) is 0 Å². The first-order valence-corrected chi connectivity index (χ1v) is 18.1. The number of amides is 2. The van der Waals surface area contributed by atoms with Crippen LogP contribution in [-0.2, 0) is 12.8 Å². The van der Waals surface area contributed by atoms with Gasteiger partial charge in [-0.05, 0) is 93.4 Å². The Balaban J connectivity index is 1.31. The van der Waals surface area contributed by atoms with Crippen molar-refractivity contribution in [2.45, 2.75) is 127 Å². The standard InChI is InChI=1S/C39H56N2O5/c1-2-38(21-11-12-22-38)40(25-27-42)36(45)34-17-5-3-13-30(34)19-20-33(44)29-31-14-4-6-18-35(31)37(46)41(26-28-43)39-23-9-7-15-32(39)16-8-10-24-39/h3-6,13-14,17-18,32-33,42-44H,2,7-12,15-16,19-29H2,1H3. The topological polar surface area (TPSA) is 101 Å². The summed E-state index contributed by atoms with van der Waals surface area (Å²) in [7, 11) is 0. The molecule has 7 heteroatoms. The van der Waals surface area contributed by atoms with Gasteiger partial charge in [-0.3, -0.25) is 9.59 Å². The van der Waals surface area contributed by atoms with Gasteiger partial charge in [0.2, 0.25) is 0 Å². The van der Waals surface area contributed by atoms with Crippen molar-refractivity contribution in [3.63, 3.8) is 0 Å². The Labute approximate surface area is 276 Å². The van der Waals surface area contributed by atoms with Gasteiger partial charge in [0.25, 0.3) is 11.8 Å². The molecule has 1 atom stereocenters. The molecule has 252 valence electrons. The molecule has 46 heavy (non-hydrogen) atoms. The zero-order chi connectivity index (χ0) is 32.6. The van der Waals surface area contributed by atoms with Gasteiger partial charge in [0, 0.05) is 35.3 Å². The Morgan fingerprint density at radius 2 is 1.28 bits per heavy atom. The van der Waals surface area contributed by atoms with Crippen LogP contribution in [0.2, 0.25) is 0 Å². The molecule has 3 saturated carbocycles. The first kappa shape index (κ1) is 34.6. The highest BCUT2D eigenvalue weighted by Gasteiger charge is 2.48. The second-order valence-corrected chi connectivity index (χ2v) is 14.1. The lowest BCUT2D eigenvalue weighted by Crippen LogP contribution is -2.59. The van der Waals surface area contributed by atoms with Gasteiger partial charge in [-0.2, -0.15) is 0 Å². The molecule has 2 aromatic carbocycles. The molecular weight excluding hydrogens is 576 g/mol. The largest absolute Gasteiger partial charge is 0.395 e. The molecule has 3 N–H and O–H groups in total. The van der Waals surface area contributed by atoms with Gasteiger partial charge in [-0.15, -0.1) is 0 Å². The average molecular weight is 633 g/mol. The van der Waals surface area contributed by atoms with E-state index in [0.29, 0.717) is 49.4 Å². The molecule has 3 aliphatic carbocycles. The minimum atomic E-state index is -0.691. The maximum atomic E-state index is 14.3. The van der Waals surface area contributed by atoms with E-state index in [1.165, 1.54) is 12.8 Å². The van der Waals surface area contributed by atoms with Crippen LogP contribution in [0.25, 0.3) is 0 Å². The molecule has 2 aromatic rings. The molecule has 0 aromatic heterocycles. The molecule has 0 heterocycles. The minimum absolute atomic E-state index is 0.0256. The molecule has 0 spiro atoms. The summed E-state index contributed by atoms with van der Waals surface area (Å²) in [6.45, 7) is 2.68. The number of fused-ring (bicyclic) bond motifs is 1. The fourth-order valence-corrected chi connectivity index (χ4v) is 9.30. The Bertz CT molecular complexity index is 1290. The Hall–Kier alpha value is -2.74. The second-order valence-electron chi connectivity index (χ2n) is 14.1. The van der Waals surface area contributed by atoms with Gasteiger partial charge in [0.15, 0.2) is 0 Å². The first-order chi connectivity index (χ1) is 22.4. The van der Waals surface area contributed by atoms with Crippen molar-refractivity contribution >= 4 is 11.8 Å². The second kappa shape index (κ2) is 15.9. The third kappa shape index (κ3) is 7.22. The van der Waals surface area contributed by atoms with Gasteiger partial charge in [0.1, 0.15) is 0 Å². The summed E-state index contributed by atoms with van der Waals surface area (Å²) in [6.07, 6.45) is 14.6. The van der Waals surface area contributed by atoms with Crippen LogP contribution in [0, 0.1) is 5.92 Å². The zero-order valence-electron chi connectivity index (χ0n) is 28.0. The number of hydrogen-bond acceptors (Lipinski definition) is 5. The van der Waals surface area contributed by atoms with Gasteiger partial charge in [0.05, 0.1) is 19.3 Å². The van der Waals surface area contributed by atoms with Crippen LogP contribution in [-0.4, -0.2) is 80.4 Å². The van der Waals surface area contributed by atoms with Crippen LogP contribution in [0.4, 0.5) is 0 Å². The highest BCUT2D eigenvalue weighted by Crippen LogP contribution is 2.48. The molecule has 3 fully saturated rings. The van der Waals surface area contributed by atoms with Crippen LogP contribution in [0.1, 0.15) is 129 Å². The predicted molar refractivity (Wildman–Crippen MR) is 182 cm³/mol. The van der Waals surface area contributed by atoms with E-state index in [0.717, 1.165) is 81.8 Å². The molecule has 0 bridgehead atoms. The van der Waals surface area contributed by atoms with Crippen molar-refractivity contribution in [3.05, 3.63) is 70.8 Å². The quantitative estimate of drug-likeness (QED) is 0.226. The van der Waals surface area contributed by atoms with Crippen LogP contribution in [0.15, 0.2) is 48.5 Å². The number of aliphatic hydroxyl groups is 3. The highest BCUT2D eigenvalue weighted by atomic mass is 16.3. The zero-order valence-corrected chi connectivity index (χ0v) is 28.0. The summed E-state index contributed by atoms with van der Waals surface area (Å²) in [5.41, 5.74) is 2.60. The van der Waals surface area contributed by atoms with Crippen LogP contribution in [0.3, 0.4) is 0 Å². The minimum Gasteiger partial charge on any atom is -0.395 e. The van der Waals surface area contributed by atoms with Crippen molar-refractivity contribution < 1.29 is 24.9 Å². The SMILES string of the molecule is CCC1(N(CCO)C(=O)c2ccccc2CCC(O)Cc2ccccc2C(=O)N(CCO)C23CCCCC2CCCC3)CCCC1. The number of nitrogens with zero attached hydrogens (tertiary/aromatic N) is 2. The third-order valence-electron chi connectivity index (χ3n) is 11.7. The molecule has 2 amide bonds. The maximum Gasteiger partial charge on any atom is 0.254 e. The lowest BCUT2D eigenvalue weighted by Gasteiger charge is -2.54. The number of carbonyl (C=O) groups excluding carboxylic acids is 2. The van der Waals surface area contributed by atoms with Crippen LogP contribution in [0.5, 0.6) is 0 Å². The lowest BCUT2D eigenvalue weighted by molar-refractivity contribution is -0.0234. The van der Waals surface area contributed by atoms with Crippen molar-refractivity contribution in [2.75, 3.05) is 26.3 Å². The molecule has 7 nitrogen and oxygen atoms in total. The monoisotopic (exact) mass is 632 g/mol. The lowest BCUT2D eigenvalue weighted by atomic mass is 9.64.